The minimum atomic E-state index is -4.16. The van der Waals surface area contributed by atoms with Crippen molar-refractivity contribution >= 4 is 0 Å². The van der Waals surface area contributed by atoms with Gasteiger partial charge in [0.15, 0.2) is 0 Å². The lowest BCUT2D eigenvalue weighted by Gasteiger charge is -2.23. The molecule has 1 N–H and O–H groups in total. The van der Waals surface area contributed by atoms with Crippen molar-refractivity contribution in [2.24, 2.45) is 0 Å². The van der Waals surface area contributed by atoms with E-state index in [-0.39, 0.29) is 18.5 Å². The molecule has 5 heteroatoms. The summed E-state index contributed by atoms with van der Waals surface area (Å²) in [6.45, 7) is 6.38. The third kappa shape index (κ3) is 6.48. The number of nitrogens with zero attached hydrogens (tertiary/aromatic N) is 1. The summed E-state index contributed by atoms with van der Waals surface area (Å²) in [4.78, 5) is 1.50. The van der Waals surface area contributed by atoms with E-state index >= 15 is 0 Å². The summed E-state index contributed by atoms with van der Waals surface area (Å²) in [7, 11) is 1.58. The van der Waals surface area contributed by atoms with Crippen LogP contribution < -0.4 is 0 Å². The minimum absolute atomic E-state index is 0.0347. The molecule has 0 radical (unpaired) electrons. The number of hydrogen-bond donors (Lipinski definition) is 1. The third-order valence-corrected chi connectivity index (χ3v) is 3.42. The predicted octanol–water partition coefficient (Wildman–Crippen LogP) is 3.90. The Morgan fingerprint density at radius 2 is 1.62 bits per heavy atom. The van der Waals surface area contributed by atoms with E-state index in [2.05, 4.69) is 20.8 Å². The van der Waals surface area contributed by atoms with Gasteiger partial charge in [0.2, 0.25) is 0 Å². The van der Waals surface area contributed by atoms with E-state index in [4.69, 9.17) is 0 Å². The topological polar surface area (TPSA) is 23.5 Å². The highest BCUT2D eigenvalue weighted by Gasteiger charge is 2.27. The van der Waals surface area contributed by atoms with Gasteiger partial charge in [-0.2, -0.15) is 13.2 Å². The molecule has 120 valence electrons. The number of benzene rings is 1. The molecular weight excluding hydrogens is 279 g/mol. The van der Waals surface area contributed by atoms with Crippen LogP contribution in [0.4, 0.5) is 13.2 Å². The summed E-state index contributed by atoms with van der Waals surface area (Å²) in [6, 6.07) is 7.58. The zero-order valence-electron chi connectivity index (χ0n) is 13.0. The van der Waals surface area contributed by atoms with E-state index in [1.54, 1.807) is 7.05 Å². The monoisotopic (exact) mass is 303 g/mol. The maximum absolute atomic E-state index is 12.1. The fourth-order valence-electron chi connectivity index (χ4n) is 2.01. The molecule has 1 aromatic rings. The fraction of sp³-hybridized carbons (Fsp3) is 0.625. The van der Waals surface area contributed by atoms with Gasteiger partial charge in [-0.25, -0.2) is 0 Å². The predicted molar refractivity (Wildman–Crippen MR) is 78.3 cm³/mol. The van der Waals surface area contributed by atoms with Crippen LogP contribution in [0.2, 0.25) is 0 Å². The number of halogens is 3. The molecule has 1 unspecified atom stereocenters. The minimum Gasteiger partial charge on any atom is -0.387 e. The van der Waals surface area contributed by atoms with Gasteiger partial charge in [-0.15, -0.1) is 0 Å². The highest BCUT2D eigenvalue weighted by molar-refractivity contribution is 5.28. The first-order valence-electron chi connectivity index (χ1n) is 7.03. The van der Waals surface area contributed by atoms with Crippen molar-refractivity contribution in [3.05, 3.63) is 35.4 Å². The molecule has 0 aliphatic carbocycles. The highest BCUT2D eigenvalue weighted by atomic mass is 19.4. The van der Waals surface area contributed by atoms with Crippen molar-refractivity contribution < 1.29 is 18.3 Å². The van der Waals surface area contributed by atoms with Crippen LogP contribution in [0.15, 0.2) is 24.3 Å². The molecule has 0 bridgehead atoms. The van der Waals surface area contributed by atoms with Gasteiger partial charge in [0.25, 0.3) is 0 Å². The molecule has 0 fully saturated rings. The molecule has 0 aromatic heterocycles. The maximum atomic E-state index is 12.1. The lowest BCUT2D eigenvalue weighted by molar-refractivity contribution is -0.137. The second-order valence-electron chi connectivity index (χ2n) is 6.52. The number of aliphatic hydroxyl groups is 1. The van der Waals surface area contributed by atoms with Gasteiger partial charge in [0.05, 0.1) is 12.5 Å². The summed E-state index contributed by atoms with van der Waals surface area (Å²) in [5, 5.41) is 10.1. The summed E-state index contributed by atoms with van der Waals surface area (Å²) in [5.74, 6) is 0. The van der Waals surface area contributed by atoms with Crippen molar-refractivity contribution in [2.75, 3.05) is 20.1 Å². The first-order chi connectivity index (χ1) is 9.49. The fourth-order valence-corrected chi connectivity index (χ4v) is 2.01. The summed E-state index contributed by atoms with van der Waals surface area (Å²) < 4.78 is 36.4. The average molecular weight is 303 g/mol. The molecule has 1 aromatic carbocycles. The molecule has 0 heterocycles. The van der Waals surface area contributed by atoms with E-state index in [1.807, 2.05) is 24.3 Å². The third-order valence-electron chi connectivity index (χ3n) is 3.42. The van der Waals surface area contributed by atoms with Crippen LogP contribution in [0.25, 0.3) is 0 Å². The zero-order chi connectivity index (χ0) is 16.3. The van der Waals surface area contributed by atoms with Crippen molar-refractivity contribution in [3.63, 3.8) is 0 Å². The van der Waals surface area contributed by atoms with Crippen LogP contribution in [-0.2, 0) is 5.41 Å². The van der Waals surface area contributed by atoms with Crippen LogP contribution >= 0.6 is 0 Å². The Morgan fingerprint density at radius 3 is 2.05 bits per heavy atom. The molecule has 0 aliphatic heterocycles. The second-order valence-corrected chi connectivity index (χ2v) is 6.52. The van der Waals surface area contributed by atoms with Crippen molar-refractivity contribution in [1.82, 2.24) is 4.90 Å². The van der Waals surface area contributed by atoms with Gasteiger partial charge >= 0.3 is 6.18 Å². The Bertz CT molecular complexity index is 434. The molecule has 0 spiro atoms. The van der Waals surface area contributed by atoms with Gasteiger partial charge in [0.1, 0.15) is 0 Å². The second kappa shape index (κ2) is 6.79. The maximum Gasteiger partial charge on any atom is 0.390 e. The Labute approximate surface area is 124 Å². The molecule has 0 saturated carbocycles. The molecule has 2 nitrogen and oxygen atoms in total. The average Bonchev–Trinajstić information content (AvgIpc) is 2.34. The summed E-state index contributed by atoms with van der Waals surface area (Å²) in [6.07, 6.45) is -5.80. The van der Waals surface area contributed by atoms with Crippen LogP contribution in [0.3, 0.4) is 0 Å². The van der Waals surface area contributed by atoms with Crippen LogP contribution in [0, 0.1) is 0 Å². The zero-order valence-corrected chi connectivity index (χ0v) is 13.0. The quantitative estimate of drug-likeness (QED) is 0.891. The first kappa shape index (κ1) is 18.0. The highest BCUT2D eigenvalue weighted by Crippen LogP contribution is 2.24. The summed E-state index contributed by atoms with van der Waals surface area (Å²) in [5.41, 5.74) is 1.92. The number of alkyl halides is 3. The van der Waals surface area contributed by atoms with Gasteiger partial charge < -0.3 is 10.0 Å². The molecular formula is C16H24F3NO. The van der Waals surface area contributed by atoms with Crippen LogP contribution in [0.1, 0.15) is 44.4 Å². The molecule has 21 heavy (non-hydrogen) atoms. The Kier molecular flexibility index (Phi) is 5.82. The van der Waals surface area contributed by atoms with Crippen molar-refractivity contribution in [3.8, 4) is 0 Å². The molecule has 0 aliphatic rings. The normalized spacial score (nSPS) is 14.5. The SMILES string of the molecule is CN(CCC(F)(F)F)CC(O)c1ccc(C(C)(C)C)cc1. The smallest absolute Gasteiger partial charge is 0.387 e. The molecule has 0 saturated heterocycles. The van der Waals surface area contributed by atoms with Gasteiger partial charge in [0, 0.05) is 13.1 Å². The van der Waals surface area contributed by atoms with Crippen LogP contribution in [0.5, 0.6) is 0 Å². The first-order valence-corrected chi connectivity index (χ1v) is 7.03. The van der Waals surface area contributed by atoms with E-state index in [1.165, 1.54) is 4.90 Å². The largest absolute Gasteiger partial charge is 0.390 e. The molecule has 1 atom stereocenters. The molecule has 0 amide bonds. The van der Waals surface area contributed by atoms with Gasteiger partial charge in [-0.3, -0.25) is 0 Å². The van der Waals surface area contributed by atoms with Gasteiger partial charge in [-0.05, 0) is 23.6 Å². The number of rotatable bonds is 5. The lowest BCUT2D eigenvalue weighted by Crippen LogP contribution is -2.28. The van der Waals surface area contributed by atoms with E-state index in [0.717, 1.165) is 11.1 Å². The van der Waals surface area contributed by atoms with E-state index in [0.29, 0.717) is 0 Å². The Balaban J connectivity index is 2.57. The van der Waals surface area contributed by atoms with Crippen molar-refractivity contribution in [1.29, 1.82) is 0 Å². The van der Waals surface area contributed by atoms with E-state index in [9.17, 15) is 18.3 Å². The lowest BCUT2D eigenvalue weighted by atomic mass is 9.86. The summed E-state index contributed by atoms with van der Waals surface area (Å²) >= 11 is 0. The van der Waals surface area contributed by atoms with E-state index < -0.39 is 18.7 Å². The number of hydrogen-bond acceptors (Lipinski definition) is 2. The van der Waals surface area contributed by atoms with Crippen molar-refractivity contribution in [2.45, 2.75) is 44.9 Å². The molecule has 1 rings (SSSR count). The Morgan fingerprint density at radius 1 is 1.10 bits per heavy atom. The number of likely N-dealkylation sites (N-methyl/N-ethyl adjacent to an activating group) is 1. The number of aliphatic hydroxyl groups excluding tert-OH is 1. The standard InChI is InChI=1S/C16H24F3NO/c1-15(2,3)13-7-5-12(6-8-13)14(21)11-20(4)10-9-16(17,18)19/h5-8,14,21H,9-11H2,1-4H3. The van der Waals surface area contributed by atoms with Gasteiger partial charge in [-0.1, -0.05) is 45.0 Å². The van der Waals surface area contributed by atoms with Crippen LogP contribution in [-0.4, -0.2) is 36.3 Å². The Hall–Kier alpha value is -1.07.